The second-order valence-corrected chi connectivity index (χ2v) is 3.82. The van der Waals surface area contributed by atoms with Gasteiger partial charge < -0.3 is 10.5 Å². The van der Waals surface area contributed by atoms with E-state index in [1.807, 2.05) is 31.2 Å². The molecule has 0 saturated heterocycles. The number of aryl methyl sites for hydroxylation is 1. The number of tetrazole rings is 1. The van der Waals surface area contributed by atoms with E-state index in [0.717, 1.165) is 24.3 Å². The van der Waals surface area contributed by atoms with Gasteiger partial charge in [-0.2, -0.15) is 0 Å². The molecule has 0 aliphatic heterocycles. The molecule has 0 amide bonds. The van der Waals surface area contributed by atoms with Crippen LogP contribution in [-0.4, -0.2) is 33.4 Å². The predicted octanol–water partition coefficient (Wildman–Crippen LogP) is 0.952. The molecule has 2 rings (SSSR count). The van der Waals surface area contributed by atoms with Gasteiger partial charge in [0.1, 0.15) is 5.75 Å². The summed E-state index contributed by atoms with van der Waals surface area (Å²) in [5, 5.41) is 12.3. The van der Waals surface area contributed by atoms with E-state index >= 15 is 0 Å². The van der Waals surface area contributed by atoms with Gasteiger partial charge in [-0.3, -0.25) is 0 Å². The molecule has 1 heterocycles. The summed E-state index contributed by atoms with van der Waals surface area (Å²) in [7, 11) is 0. The van der Waals surface area contributed by atoms with Crippen molar-refractivity contribution < 1.29 is 4.74 Å². The van der Waals surface area contributed by atoms with Crippen LogP contribution in [0.5, 0.6) is 5.75 Å². The molecule has 2 N–H and O–H groups in total. The van der Waals surface area contributed by atoms with Gasteiger partial charge in [0.05, 0.1) is 12.3 Å². The minimum Gasteiger partial charge on any atom is -0.494 e. The van der Waals surface area contributed by atoms with E-state index in [2.05, 4.69) is 15.4 Å². The first kappa shape index (κ1) is 12.5. The zero-order valence-corrected chi connectivity index (χ0v) is 10.4. The van der Waals surface area contributed by atoms with Gasteiger partial charge in [-0.25, -0.2) is 0 Å². The van der Waals surface area contributed by atoms with Gasteiger partial charge in [0.15, 0.2) is 5.82 Å². The van der Waals surface area contributed by atoms with E-state index in [0.29, 0.717) is 19.0 Å². The predicted molar refractivity (Wildman–Crippen MR) is 67.7 cm³/mol. The summed E-state index contributed by atoms with van der Waals surface area (Å²) in [6.45, 7) is 3.22. The Kier molecular flexibility index (Phi) is 4.25. The summed E-state index contributed by atoms with van der Waals surface area (Å²) in [6, 6.07) is 7.61. The van der Waals surface area contributed by atoms with Gasteiger partial charge in [-0.05, 0) is 37.2 Å². The average molecular weight is 247 g/mol. The van der Waals surface area contributed by atoms with Crippen molar-refractivity contribution in [1.82, 2.24) is 20.2 Å². The Hall–Kier alpha value is -1.95. The molecule has 2 aromatic rings. The van der Waals surface area contributed by atoms with Gasteiger partial charge in [0.2, 0.25) is 0 Å². The molecule has 0 atom stereocenters. The highest BCUT2D eigenvalue weighted by Gasteiger charge is 2.05. The average Bonchev–Trinajstić information content (AvgIpc) is 2.86. The molecule has 0 radical (unpaired) electrons. The fraction of sp³-hybridized carbons (Fsp3) is 0.417. The second kappa shape index (κ2) is 6.11. The lowest BCUT2D eigenvalue weighted by molar-refractivity contribution is 0.340. The monoisotopic (exact) mass is 247 g/mol. The molecule has 6 nitrogen and oxygen atoms in total. The summed E-state index contributed by atoms with van der Waals surface area (Å²) in [4.78, 5) is 1.51. The molecular formula is C12H17N5O. The van der Waals surface area contributed by atoms with Crippen molar-refractivity contribution in [2.45, 2.75) is 19.8 Å². The zero-order chi connectivity index (χ0) is 12.8. The Morgan fingerprint density at radius 1 is 1.39 bits per heavy atom. The number of rotatable bonds is 6. The van der Waals surface area contributed by atoms with Gasteiger partial charge in [-0.1, -0.05) is 6.07 Å². The van der Waals surface area contributed by atoms with E-state index in [-0.39, 0.29) is 0 Å². The number of nitrogens with zero attached hydrogens (tertiary/aromatic N) is 4. The molecule has 0 aliphatic carbocycles. The number of hydrogen-bond donors (Lipinski definition) is 1. The molecule has 18 heavy (non-hydrogen) atoms. The maximum absolute atomic E-state index is 5.45. The van der Waals surface area contributed by atoms with E-state index < -0.39 is 0 Å². The topological polar surface area (TPSA) is 78.8 Å². The van der Waals surface area contributed by atoms with E-state index in [9.17, 15) is 0 Å². The molecule has 1 aromatic heterocycles. The van der Waals surface area contributed by atoms with E-state index in [1.54, 1.807) is 0 Å². The highest BCUT2D eigenvalue weighted by Crippen LogP contribution is 2.15. The minimum atomic E-state index is 0.633. The van der Waals surface area contributed by atoms with Crippen molar-refractivity contribution >= 4 is 0 Å². The Morgan fingerprint density at radius 2 is 2.28 bits per heavy atom. The number of benzene rings is 1. The summed E-state index contributed by atoms with van der Waals surface area (Å²) < 4.78 is 5.43. The van der Waals surface area contributed by atoms with Crippen LogP contribution in [0, 0.1) is 0 Å². The first-order valence-electron chi connectivity index (χ1n) is 6.05. The van der Waals surface area contributed by atoms with Gasteiger partial charge in [-0.15, -0.1) is 15.0 Å². The smallest absolute Gasteiger partial charge is 0.175 e. The molecule has 0 unspecified atom stereocenters. The Bertz CT molecular complexity index is 497. The number of hydrogen-bond acceptors (Lipinski definition) is 5. The van der Waals surface area contributed by atoms with Crippen molar-refractivity contribution in [3.05, 3.63) is 30.1 Å². The molecule has 0 fully saturated rings. The van der Waals surface area contributed by atoms with Crippen molar-refractivity contribution in [3.63, 3.8) is 0 Å². The molecule has 0 spiro atoms. The zero-order valence-electron chi connectivity index (χ0n) is 10.4. The SMILES string of the molecule is CCOc1cccc(-n2nnc(CCCN)n2)c1. The van der Waals surface area contributed by atoms with E-state index in [4.69, 9.17) is 10.5 Å². The second-order valence-electron chi connectivity index (χ2n) is 3.82. The van der Waals surface area contributed by atoms with E-state index in [1.165, 1.54) is 4.80 Å². The first-order chi connectivity index (χ1) is 8.83. The quantitative estimate of drug-likeness (QED) is 0.822. The maximum atomic E-state index is 5.45. The summed E-state index contributed by atoms with van der Waals surface area (Å²) in [5.74, 6) is 1.51. The third-order valence-corrected chi connectivity index (χ3v) is 2.42. The van der Waals surface area contributed by atoms with Gasteiger partial charge in [0, 0.05) is 12.5 Å². The number of nitrogens with two attached hydrogens (primary N) is 1. The van der Waals surface area contributed by atoms with Crippen molar-refractivity contribution in [3.8, 4) is 11.4 Å². The Balaban J connectivity index is 2.15. The minimum absolute atomic E-state index is 0.633. The van der Waals surface area contributed by atoms with Crippen LogP contribution in [0.15, 0.2) is 24.3 Å². The van der Waals surface area contributed by atoms with Crippen LogP contribution in [0.1, 0.15) is 19.2 Å². The van der Waals surface area contributed by atoms with Gasteiger partial charge in [0.25, 0.3) is 0 Å². The van der Waals surface area contributed by atoms with Crippen molar-refractivity contribution in [2.75, 3.05) is 13.2 Å². The van der Waals surface area contributed by atoms with Crippen molar-refractivity contribution in [2.24, 2.45) is 5.73 Å². The largest absolute Gasteiger partial charge is 0.494 e. The van der Waals surface area contributed by atoms with Crippen LogP contribution in [0.25, 0.3) is 5.69 Å². The van der Waals surface area contributed by atoms with Crippen LogP contribution in [0.2, 0.25) is 0 Å². The third kappa shape index (κ3) is 3.04. The number of aromatic nitrogens is 4. The Labute approximate surface area is 106 Å². The fourth-order valence-electron chi connectivity index (χ4n) is 1.58. The van der Waals surface area contributed by atoms with Crippen LogP contribution >= 0.6 is 0 Å². The first-order valence-corrected chi connectivity index (χ1v) is 6.05. The molecule has 0 saturated carbocycles. The molecule has 1 aromatic carbocycles. The van der Waals surface area contributed by atoms with Crippen LogP contribution in [-0.2, 0) is 6.42 Å². The molecule has 96 valence electrons. The molecule has 0 aliphatic rings. The lowest BCUT2D eigenvalue weighted by atomic mass is 10.3. The van der Waals surface area contributed by atoms with Crippen LogP contribution in [0.4, 0.5) is 0 Å². The molecular weight excluding hydrogens is 230 g/mol. The third-order valence-electron chi connectivity index (χ3n) is 2.42. The lowest BCUT2D eigenvalue weighted by Crippen LogP contribution is -2.02. The number of ether oxygens (including phenoxy) is 1. The van der Waals surface area contributed by atoms with Crippen LogP contribution < -0.4 is 10.5 Å². The van der Waals surface area contributed by atoms with Crippen molar-refractivity contribution in [1.29, 1.82) is 0 Å². The standard InChI is InChI=1S/C12H17N5O/c1-2-18-11-6-3-5-10(9-11)17-15-12(14-16-17)7-4-8-13/h3,5-6,9H,2,4,7-8,13H2,1H3. The summed E-state index contributed by atoms with van der Waals surface area (Å²) >= 11 is 0. The highest BCUT2D eigenvalue weighted by atomic mass is 16.5. The molecule has 0 bridgehead atoms. The Morgan fingerprint density at radius 3 is 3.06 bits per heavy atom. The summed E-state index contributed by atoms with van der Waals surface area (Å²) in [5.41, 5.74) is 6.29. The maximum Gasteiger partial charge on any atom is 0.175 e. The van der Waals surface area contributed by atoms with Crippen LogP contribution in [0.3, 0.4) is 0 Å². The highest BCUT2D eigenvalue weighted by molar-refractivity contribution is 5.37. The normalized spacial score (nSPS) is 10.6. The summed E-state index contributed by atoms with van der Waals surface area (Å²) in [6.07, 6.45) is 1.62. The fourth-order valence-corrected chi connectivity index (χ4v) is 1.58. The van der Waals surface area contributed by atoms with Gasteiger partial charge >= 0.3 is 0 Å². The molecule has 6 heteroatoms. The lowest BCUT2D eigenvalue weighted by Gasteiger charge is -2.04.